The number of carbonyl (C=O) groups is 3. The van der Waals surface area contributed by atoms with Crippen molar-refractivity contribution in [3.63, 3.8) is 0 Å². The van der Waals surface area contributed by atoms with Crippen LogP contribution in [0.1, 0.15) is 41.6 Å². The molecule has 0 bridgehead atoms. The second kappa shape index (κ2) is 7.33. The van der Waals surface area contributed by atoms with Gasteiger partial charge < -0.3 is 10.2 Å². The summed E-state index contributed by atoms with van der Waals surface area (Å²) in [4.78, 5) is 41.9. The van der Waals surface area contributed by atoms with E-state index in [0.717, 1.165) is 14.8 Å². The highest BCUT2D eigenvalue weighted by Crippen LogP contribution is 2.33. The summed E-state index contributed by atoms with van der Waals surface area (Å²) in [5, 5.41) is 18.6. The number of carbonyl (C=O) groups excluding carboxylic acids is 3. The molecule has 1 saturated heterocycles. The molecule has 0 radical (unpaired) electrons. The topological polar surface area (TPSA) is 129 Å². The van der Waals surface area contributed by atoms with Crippen LogP contribution in [0.5, 0.6) is 0 Å². The van der Waals surface area contributed by atoms with Crippen LogP contribution in [-0.4, -0.2) is 45.3 Å². The van der Waals surface area contributed by atoms with Crippen molar-refractivity contribution in [2.24, 2.45) is 5.11 Å². The summed E-state index contributed by atoms with van der Waals surface area (Å²) in [5.41, 5.74) is 2.67. The van der Waals surface area contributed by atoms with Gasteiger partial charge in [0.1, 0.15) is 11.2 Å². The lowest BCUT2D eigenvalue weighted by Gasteiger charge is -2.29. The Hall–Kier alpha value is -2.77. The molecule has 1 fully saturated rings. The zero-order valence-corrected chi connectivity index (χ0v) is 16.9. The van der Waals surface area contributed by atoms with Gasteiger partial charge in [0.25, 0.3) is 5.91 Å². The summed E-state index contributed by atoms with van der Waals surface area (Å²) in [7, 11) is 0. The van der Waals surface area contributed by atoms with E-state index < -0.39 is 11.9 Å². The Morgan fingerprint density at radius 3 is 2.79 bits per heavy atom. The van der Waals surface area contributed by atoms with Crippen molar-refractivity contribution in [1.82, 2.24) is 10.2 Å². The van der Waals surface area contributed by atoms with Gasteiger partial charge in [-0.2, -0.15) is 5.26 Å². The SMILES string of the molecule is N#CC1=[N+]=NC(Nc2cc(I)c3c(c2)CN(C2CCC(=O)NC2=O)C3=O)CC1. The Morgan fingerprint density at radius 2 is 2.11 bits per heavy atom. The molecule has 3 heterocycles. The molecule has 9 nitrogen and oxygen atoms in total. The van der Waals surface area contributed by atoms with Gasteiger partial charge in [-0.15, -0.1) is 0 Å². The maximum Gasteiger partial charge on any atom is 0.417 e. The molecule has 28 heavy (non-hydrogen) atoms. The van der Waals surface area contributed by atoms with E-state index in [1.807, 2.05) is 18.2 Å². The molecule has 0 aromatic heterocycles. The van der Waals surface area contributed by atoms with Crippen molar-refractivity contribution in [3.8, 4) is 6.07 Å². The molecular formula is C18H16IN6O3+. The maximum absolute atomic E-state index is 12.9. The second-order valence-electron chi connectivity index (χ2n) is 6.86. The number of anilines is 1. The predicted octanol–water partition coefficient (Wildman–Crippen LogP) is 1.21. The fourth-order valence-corrected chi connectivity index (χ4v) is 4.55. The number of halogens is 1. The quantitative estimate of drug-likeness (QED) is 0.373. The van der Waals surface area contributed by atoms with Crippen molar-refractivity contribution in [2.45, 2.75) is 44.4 Å². The van der Waals surface area contributed by atoms with Crippen LogP contribution in [0, 0.1) is 14.9 Å². The molecule has 3 aliphatic heterocycles. The Kier molecular flexibility index (Phi) is 4.87. The van der Waals surface area contributed by atoms with Gasteiger partial charge in [0.15, 0.2) is 6.07 Å². The molecular weight excluding hydrogens is 475 g/mol. The molecule has 1 aromatic rings. The number of benzene rings is 1. The lowest BCUT2D eigenvalue weighted by Crippen LogP contribution is -2.52. The first-order valence-corrected chi connectivity index (χ1v) is 9.94. The summed E-state index contributed by atoms with van der Waals surface area (Å²) in [6.07, 6.45) is 1.58. The molecule has 10 heteroatoms. The molecule has 0 saturated carbocycles. The van der Waals surface area contributed by atoms with Crippen LogP contribution in [-0.2, 0) is 16.1 Å². The minimum atomic E-state index is -0.628. The number of fused-ring (bicyclic) bond motifs is 1. The van der Waals surface area contributed by atoms with Crippen molar-refractivity contribution >= 4 is 51.7 Å². The average Bonchev–Trinajstić information content (AvgIpc) is 2.99. The third-order valence-electron chi connectivity index (χ3n) is 5.01. The van der Waals surface area contributed by atoms with E-state index in [-0.39, 0.29) is 24.4 Å². The number of piperidine rings is 1. The van der Waals surface area contributed by atoms with Gasteiger partial charge in [-0.3, -0.25) is 19.7 Å². The summed E-state index contributed by atoms with van der Waals surface area (Å²) in [6.45, 7) is 0.324. The summed E-state index contributed by atoms with van der Waals surface area (Å²) < 4.78 is 0.786. The number of rotatable bonds is 3. The first-order chi connectivity index (χ1) is 13.5. The second-order valence-corrected chi connectivity index (χ2v) is 8.03. The number of amides is 3. The highest BCUT2D eigenvalue weighted by Gasteiger charge is 2.40. The van der Waals surface area contributed by atoms with Crippen LogP contribution < -0.4 is 10.6 Å². The van der Waals surface area contributed by atoms with E-state index in [0.29, 0.717) is 37.1 Å². The number of imide groups is 1. The van der Waals surface area contributed by atoms with E-state index in [1.165, 1.54) is 4.90 Å². The lowest BCUT2D eigenvalue weighted by atomic mass is 10.0. The van der Waals surface area contributed by atoms with Gasteiger partial charge in [-0.25, -0.2) is 0 Å². The first kappa shape index (κ1) is 18.6. The minimum absolute atomic E-state index is 0.189. The van der Waals surface area contributed by atoms with Gasteiger partial charge in [0, 0.05) is 28.6 Å². The molecule has 3 aliphatic rings. The maximum atomic E-state index is 12.9. The van der Waals surface area contributed by atoms with Crippen LogP contribution in [0.15, 0.2) is 17.2 Å². The lowest BCUT2D eigenvalue weighted by molar-refractivity contribution is -0.136. The van der Waals surface area contributed by atoms with E-state index in [1.54, 1.807) is 0 Å². The summed E-state index contributed by atoms with van der Waals surface area (Å²) >= 11 is 2.12. The highest BCUT2D eigenvalue weighted by atomic mass is 127. The Morgan fingerprint density at radius 1 is 1.29 bits per heavy atom. The number of nitrogens with one attached hydrogen (secondary N) is 2. The fraction of sp³-hybridized carbons (Fsp3) is 0.389. The van der Waals surface area contributed by atoms with E-state index in [9.17, 15) is 14.4 Å². The average molecular weight is 491 g/mol. The van der Waals surface area contributed by atoms with Crippen LogP contribution in [0.2, 0.25) is 0 Å². The number of nitrogens with zero attached hydrogens (tertiary/aromatic N) is 4. The summed E-state index contributed by atoms with van der Waals surface area (Å²) in [5.74, 6) is -0.908. The van der Waals surface area contributed by atoms with Crippen LogP contribution >= 0.6 is 22.6 Å². The third-order valence-corrected chi connectivity index (χ3v) is 5.86. The molecule has 142 valence electrons. The van der Waals surface area contributed by atoms with Crippen molar-refractivity contribution in [3.05, 3.63) is 26.8 Å². The Bertz CT molecular complexity index is 1010. The van der Waals surface area contributed by atoms with Gasteiger partial charge in [-0.1, -0.05) is 0 Å². The monoisotopic (exact) mass is 491 g/mol. The highest BCUT2D eigenvalue weighted by molar-refractivity contribution is 14.1. The Balaban J connectivity index is 1.55. The number of hydrogen-bond acceptors (Lipinski definition) is 6. The first-order valence-electron chi connectivity index (χ1n) is 8.86. The normalized spacial score (nSPS) is 23.8. The standard InChI is InChI=1S/C18H15IN6O3/c19-12-6-11(21-14-3-1-10(7-20)23-24-14)5-9-8-25(18(28)16(9)12)13-2-4-15(26)22-17(13)27/h5-6,13-14H,1-4,8H2,(H-,21,22,26,27,28)/p+1. The van der Waals surface area contributed by atoms with Crippen LogP contribution in [0.3, 0.4) is 0 Å². The Labute approximate surface area is 174 Å². The largest absolute Gasteiger partial charge is 0.417 e. The van der Waals surface area contributed by atoms with Crippen LogP contribution in [0.25, 0.3) is 0 Å². The van der Waals surface area contributed by atoms with Gasteiger partial charge in [-0.05, 0) is 46.7 Å². The molecule has 0 spiro atoms. The van der Waals surface area contributed by atoms with Gasteiger partial charge >= 0.3 is 5.71 Å². The molecule has 2 unspecified atom stereocenters. The van der Waals surface area contributed by atoms with Crippen molar-refractivity contribution in [2.75, 3.05) is 5.32 Å². The molecule has 1 aromatic carbocycles. The van der Waals surface area contributed by atoms with E-state index in [2.05, 4.69) is 43.1 Å². The van der Waals surface area contributed by atoms with Crippen molar-refractivity contribution < 1.29 is 19.2 Å². The smallest absolute Gasteiger partial charge is 0.358 e. The third kappa shape index (κ3) is 3.39. The van der Waals surface area contributed by atoms with Crippen molar-refractivity contribution in [1.29, 1.82) is 5.26 Å². The predicted molar refractivity (Wildman–Crippen MR) is 105 cm³/mol. The summed E-state index contributed by atoms with van der Waals surface area (Å²) in [6, 6.07) is 5.14. The van der Waals surface area contributed by atoms with E-state index in [4.69, 9.17) is 5.26 Å². The molecule has 3 amide bonds. The molecule has 4 rings (SSSR count). The molecule has 2 atom stereocenters. The number of nitriles is 1. The molecule has 2 N–H and O–H groups in total. The molecule has 0 aliphatic carbocycles. The minimum Gasteiger partial charge on any atom is -0.358 e. The fourth-order valence-electron chi connectivity index (χ4n) is 3.63. The zero-order chi connectivity index (χ0) is 19.8. The number of hydrogen-bond donors (Lipinski definition) is 2. The zero-order valence-electron chi connectivity index (χ0n) is 14.7. The van der Waals surface area contributed by atoms with Crippen LogP contribution in [0.4, 0.5) is 5.69 Å². The van der Waals surface area contributed by atoms with Gasteiger partial charge in [0.05, 0.1) is 16.8 Å². The van der Waals surface area contributed by atoms with E-state index >= 15 is 0 Å². The van der Waals surface area contributed by atoms with Gasteiger partial charge in [0.2, 0.25) is 18.0 Å².